The van der Waals surface area contributed by atoms with Gasteiger partial charge in [0.05, 0.1) is 35.3 Å². The topological polar surface area (TPSA) is 72.3 Å². The van der Waals surface area contributed by atoms with Gasteiger partial charge in [0.1, 0.15) is 5.82 Å². The molecule has 31 heavy (non-hydrogen) atoms. The Hall–Kier alpha value is -3.26. The Kier molecular flexibility index (Phi) is 4.94. The number of nitrogens with one attached hydrogen (secondary N) is 1. The number of piperidine rings is 1. The number of hydrogen-bond donors (Lipinski definition) is 1. The second-order valence-corrected chi connectivity index (χ2v) is 8.00. The van der Waals surface area contributed by atoms with Crippen LogP contribution in [0.3, 0.4) is 0 Å². The summed E-state index contributed by atoms with van der Waals surface area (Å²) in [4.78, 5) is 19.4. The van der Waals surface area contributed by atoms with Crippen molar-refractivity contribution in [3.8, 4) is 16.9 Å². The molecule has 160 valence electrons. The summed E-state index contributed by atoms with van der Waals surface area (Å²) in [6.45, 7) is 3.90. The van der Waals surface area contributed by atoms with Crippen molar-refractivity contribution in [3.05, 3.63) is 59.2 Å². The number of ether oxygens (including phenoxy) is 1. The van der Waals surface area contributed by atoms with Gasteiger partial charge in [-0.05, 0) is 37.5 Å². The fraction of sp³-hybridized carbons (Fsp3) is 0.348. The highest BCUT2D eigenvalue weighted by Gasteiger charge is 2.28. The number of nitrogens with zero attached hydrogens (tertiary/aromatic N) is 4. The van der Waals surface area contributed by atoms with Crippen molar-refractivity contribution in [2.24, 2.45) is 0 Å². The van der Waals surface area contributed by atoms with Gasteiger partial charge in [0.2, 0.25) is 0 Å². The van der Waals surface area contributed by atoms with Gasteiger partial charge < -0.3 is 15.0 Å². The SMILES string of the molecule is COC1CCN(c2ccn(-c3cc(-c4c(C)cccc4F)nc4c3C(=O)NC4)n2)CC1. The number of aryl methyl sites for hydroxylation is 1. The first-order chi connectivity index (χ1) is 15.0. The van der Waals surface area contributed by atoms with Gasteiger partial charge in [-0.2, -0.15) is 5.10 Å². The highest BCUT2D eigenvalue weighted by molar-refractivity contribution is 6.01. The van der Waals surface area contributed by atoms with Crippen LogP contribution in [0.4, 0.5) is 10.2 Å². The fourth-order valence-electron chi connectivity index (χ4n) is 4.41. The van der Waals surface area contributed by atoms with Crippen molar-refractivity contribution in [2.75, 3.05) is 25.1 Å². The first-order valence-electron chi connectivity index (χ1n) is 10.5. The molecule has 0 atom stereocenters. The molecule has 0 saturated carbocycles. The number of carbonyl (C=O) groups excluding carboxylic acids is 1. The molecule has 1 fully saturated rings. The van der Waals surface area contributed by atoms with Crippen LogP contribution in [0.15, 0.2) is 36.5 Å². The minimum Gasteiger partial charge on any atom is -0.381 e. The van der Waals surface area contributed by atoms with Gasteiger partial charge in [0.25, 0.3) is 5.91 Å². The lowest BCUT2D eigenvalue weighted by molar-refractivity contribution is 0.0818. The van der Waals surface area contributed by atoms with Gasteiger partial charge >= 0.3 is 0 Å². The molecule has 2 aliphatic rings. The predicted molar refractivity (Wildman–Crippen MR) is 115 cm³/mol. The summed E-state index contributed by atoms with van der Waals surface area (Å²) in [7, 11) is 1.75. The normalized spacial score (nSPS) is 16.5. The van der Waals surface area contributed by atoms with Crippen molar-refractivity contribution < 1.29 is 13.9 Å². The second kappa shape index (κ2) is 7.77. The molecule has 4 heterocycles. The third-order valence-electron chi connectivity index (χ3n) is 6.12. The Morgan fingerprint density at radius 1 is 1.19 bits per heavy atom. The average Bonchev–Trinajstić information content (AvgIpc) is 3.41. The number of fused-ring (bicyclic) bond motifs is 1. The van der Waals surface area contributed by atoms with Crippen LogP contribution in [-0.2, 0) is 11.3 Å². The molecule has 0 aliphatic carbocycles. The number of pyridine rings is 1. The Morgan fingerprint density at radius 3 is 2.74 bits per heavy atom. The van der Waals surface area contributed by atoms with E-state index < -0.39 is 0 Å². The lowest BCUT2D eigenvalue weighted by Crippen LogP contribution is -2.36. The van der Waals surface area contributed by atoms with Crippen molar-refractivity contribution >= 4 is 11.7 Å². The summed E-state index contributed by atoms with van der Waals surface area (Å²) in [5.74, 6) is 0.326. The molecule has 3 aromatic rings. The maximum absolute atomic E-state index is 14.6. The molecule has 2 aliphatic heterocycles. The molecule has 0 radical (unpaired) electrons. The van der Waals surface area contributed by atoms with E-state index in [-0.39, 0.29) is 17.8 Å². The lowest BCUT2D eigenvalue weighted by atomic mass is 10.0. The number of methoxy groups -OCH3 is 1. The number of anilines is 1. The van der Waals surface area contributed by atoms with Crippen molar-refractivity contribution in [1.29, 1.82) is 0 Å². The van der Waals surface area contributed by atoms with Crippen molar-refractivity contribution in [2.45, 2.75) is 32.4 Å². The van der Waals surface area contributed by atoms with Gasteiger partial charge in [-0.1, -0.05) is 12.1 Å². The Bertz CT molecular complexity index is 1130. The zero-order valence-corrected chi connectivity index (χ0v) is 17.6. The van der Waals surface area contributed by atoms with Crippen LogP contribution in [0.25, 0.3) is 16.9 Å². The largest absolute Gasteiger partial charge is 0.381 e. The molecule has 0 bridgehead atoms. The molecule has 1 amide bonds. The summed E-state index contributed by atoms with van der Waals surface area (Å²) in [5.41, 5.74) is 3.44. The van der Waals surface area contributed by atoms with E-state index in [0.717, 1.165) is 37.3 Å². The van der Waals surface area contributed by atoms with Crippen LogP contribution in [0, 0.1) is 12.7 Å². The number of rotatable bonds is 4. The van der Waals surface area contributed by atoms with E-state index in [4.69, 9.17) is 9.84 Å². The number of amides is 1. The molecule has 0 spiro atoms. The van der Waals surface area contributed by atoms with E-state index in [9.17, 15) is 9.18 Å². The van der Waals surface area contributed by atoms with Gasteiger partial charge in [-0.25, -0.2) is 14.1 Å². The smallest absolute Gasteiger partial charge is 0.255 e. The van der Waals surface area contributed by atoms with Crippen LogP contribution < -0.4 is 10.2 Å². The summed E-state index contributed by atoms with van der Waals surface area (Å²) < 4.78 is 21.8. The van der Waals surface area contributed by atoms with E-state index in [2.05, 4.69) is 15.2 Å². The first-order valence-corrected chi connectivity index (χ1v) is 10.5. The lowest BCUT2D eigenvalue weighted by Gasteiger charge is -2.31. The standard InChI is InChI=1S/C23H24FN5O2/c1-14-4-3-5-16(24)21(14)17-12-19(22-18(26-17)13-25-23(22)30)29-11-8-20(27-29)28-9-6-15(31-2)7-10-28/h3-5,8,11-12,15H,6-7,9-10,13H2,1-2H3,(H,25,30). The van der Waals surface area contributed by atoms with Crippen LogP contribution in [0.2, 0.25) is 0 Å². The number of halogens is 1. The Morgan fingerprint density at radius 2 is 2.00 bits per heavy atom. The van der Waals surface area contributed by atoms with E-state index in [1.807, 2.05) is 25.3 Å². The maximum Gasteiger partial charge on any atom is 0.255 e. The summed E-state index contributed by atoms with van der Waals surface area (Å²) in [5, 5.41) is 7.57. The molecule has 7 nitrogen and oxygen atoms in total. The monoisotopic (exact) mass is 421 g/mol. The summed E-state index contributed by atoms with van der Waals surface area (Å²) in [6, 6.07) is 8.66. The van der Waals surface area contributed by atoms with Gasteiger partial charge in [0.15, 0.2) is 5.82 Å². The zero-order chi connectivity index (χ0) is 21.5. The molecular formula is C23H24FN5O2. The molecule has 0 unspecified atom stereocenters. The van der Waals surface area contributed by atoms with Crippen LogP contribution >= 0.6 is 0 Å². The zero-order valence-electron chi connectivity index (χ0n) is 17.6. The number of carbonyl (C=O) groups is 1. The maximum atomic E-state index is 14.6. The summed E-state index contributed by atoms with van der Waals surface area (Å²) in [6.07, 6.45) is 4.04. The first kappa shape index (κ1) is 19.7. The second-order valence-electron chi connectivity index (χ2n) is 8.00. The molecule has 1 aromatic carbocycles. The van der Waals surface area contributed by atoms with E-state index in [0.29, 0.717) is 34.7 Å². The highest BCUT2D eigenvalue weighted by atomic mass is 19.1. The van der Waals surface area contributed by atoms with Gasteiger partial charge in [-0.3, -0.25) is 4.79 Å². The van der Waals surface area contributed by atoms with Crippen LogP contribution in [0.1, 0.15) is 34.5 Å². The number of hydrogen-bond acceptors (Lipinski definition) is 5. The fourth-order valence-corrected chi connectivity index (χ4v) is 4.41. The van der Waals surface area contributed by atoms with Crippen molar-refractivity contribution in [3.63, 3.8) is 0 Å². The summed E-state index contributed by atoms with van der Waals surface area (Å²) >= 11 is 0. The number of benzene rings is 1. The number of aromatic nitrogens is 3. The van der Waals surface area contributed by atoms with Gasteiger partial charge in [0, 0.05) is 38.0 Å². The molecule has 5 rings (SSSR count). The predicted octanol–water partition coefficient (Wildman–Crippen LogP) is 3.24. The van der Waals surface area contributed by atoms with Crippen LogP contribution in [0.5, 0.6) is 0 Å². The third-order valence-corrected chi connectivity index (χ3v) is 6.12. The molecule has 2 aromatic heterocycles. The molecular weight excluding hydrogens is 397 g/mol. The molecule has 8 heteroatoms. The Balaban J connectivity index is 1.56. The molecule has 1 saturated heterocycles. The van der Waals surface area contributed by atoms with E-state index >= 15 is 0 Å². The highest BCUT2D eigenvalue weighted by Crippen LogP contribution is 2.31. The quantitative estimate of drug-likeness (QED) is 0.700. The van der Waals surface area contributed by atoms with Gasteiger partial charge in [-0.15, -0.1) is 0 Å². The average molecular weight is 421 g/mol. The van der Waals surface area contributed by atoms with Crippen molar-refractivity contribution in [1.82, 2.24) is 20.1 Å². The Labute approximate surface area is 179 Å². The molecule has 1 N–H and O–H groups in total. The van der Waals surface area contributed by atoms with Crippen LogP contribution in [-0.4, -0.2) is 47.0 Å². The minimum atomic E-state index is -0.335. The van der Waals surface area contributed by atoms with E-state index in [1.54, 1.807) is 23.9 Å². The minimum absolute atomic E-state index is 0.188. The van der Waals surface area contributed by atoms with E-state index in [1.165, 1.54) is 6.07 Å². The third kappa shape index (κ3) is 3.46.